The summed E-state index contributed by atoms with van der Waals surface area (Å²) in [6.45, 7) is 0. The van der Waals surface area contributed by atoms with E-state index in [2.05, 4.69) is 19.4 Å². The molecule has 0 radical (unpaired) electrons. The summed E-state index contributed by atoms with van der Waals surface area (Å²) in [7, 11) is 0. The lowest BCUT2D eigenvalue weighted by Gasteiger charge is -1.78. The summed E-state index contributed by atoms with van der Waals surface area (Å²) in [4.78, 5) is 20.4. The van der Waals surface area contributed by atoms with Gasteiger partial charge in [-0.2, -0.15) is 0 Å². The molecule has 0 atom stereocenters. The Morgan fingerprint density at radius 3 is 3.00 bits per heavy atom. The SMILES string of the molecule is O=c1[nH]c2nccnc2o1. The fourth-order valence-corrected chi connectivity index (χ4v) is 0.696. The van der Waals surface area contributed by atoms with Crippen molar-refractivity contribution in [1.29, 1.82) is 0 Å². The highest BCUT2D eigenvalue weighted by Gasteiger charge is 1.98. The van der Waals surface area contributed by atoms with Crippen molar-refractivity contribution < 1.29 is 4.42 Å². The molecule has 0 spiro atoms. The van der Waals surface area contributed by atoms with Crippen LogP contribution in [-0.2, 0) is 0 Å². The molecule has 0 aromatic carbocycles. The van der Waals surface area contributed by atoms with E-state index in [1.165, 1.54) is 12.4 Å². The zero-order chi connectivity index (χ0) is 6.97. The minimum Gasteiger partial charge on any atom is -0.387 e. The van der Waals surface area contributed by atoms with Crippen LogP contribution in [0.1, 0.15) is 0 Å². The summed E-state index contributed by atoms with van der Waals surface area (Å²) in [5.74, 6) is -0.527. The van der Waals surface area contributed by atoms with Gasteiger partial charge in [-0.1, -0.05) is 0 Å². The number of nitrogens with zero attached hydrogens (tertiary/aromatic N) is 2. The number of fused-ring (bicyclic) bond motifs is 1. The van der Waals surface area contributed by atoms with Crippen LogP contribution in [0, 0.1) is 0 Å². The number of H-pyrrole nitrogens is 1. The summed E-state index contributed by atoms with van der Waals surface area (Å²) in [5.41, 5.74) is 0.625. The van der Waals surface area contributed by atoms with Gasteiger partial charge < -0.3 is 4.42 Å². The van der Waals surface area contributed by atoms with Crippen molar-refractivity contribution in [2.45, 2.75) is 0 Å². The second-order valence-corrected chi connectivity index (χ2v) is 1.72. The van der Waals surface area contributed by atoms with Gasteiger partial charge in [0, 0.05) is 12.4 Å². The van der Waals surface area contributed by atoms with Gasteiger partial charge in [0.05, 0.1) is 0 Å². The molecule has 0 amide bonds. The molecule has 1 N–H and O–H groups in total. The molecule has 0 unspecified atom stereocenters. The highest BCUT2D eigenvalue weighted by atomic mass is 16.4. The van der Waals surface area contributed by atoms with E-state index < -0.39 is 5.76 Å². The van der Waals surface area contributed by atoms with E-state index in [4.69, 9.17) is 0 Å². The molecule has 2 aromatic rings. The molecule has 2 rings (SSSR count). The number of oxazole rings is 1. The predicted molar refractivity (Wildman–Crippen MR) is 32.4 cm³/mol. The Morgan fingerprint density at radius 2 is 2.20 bits per heavy atom. The van der Waals surface area contributed by atoms with E-state index in [0.29, 0.717) is 5.65 Å². The second-order valence-electron chi connectivity index (χ2n) is 1.72. The maximum atomic E-state index is 10.5. The third-order valence-corrected chi connectivity index (χ3v) is 1.07. The minimum atomic E-state index is -0.527. The molecule has 0 bridgehead atoms. The van der Waals surface area contributed by atoms with Gasteiger partial charge in [-0.3, -0.25) is 4.98 Å². The standard InChI is InChI=1S/C5H3N3O2/c9-5-8-3-4(10-5)7-2-1-6-3/h1-2H,(H,6,8,9). The van der Waals surface area contributed by atoms with Crippen LogP contribution < -0.4 is 5.76 Å². The highest BCUT2D eigenvalue weighted by Crippen LogP contribution is 1.97. The quantitative estimate of drug-likeness (QED) is 0.550. The average molecular weight is 137 g/mol. The molecular weight excluding hydrogens is 134 g/mol. The molecule has 0 fully saturated rings. The second kappa shape index (κ2) is 1.66. The number of nitrogens with one attached hydrogen (secondary N) is 1. The Bertz CT molecular complexity index is 366. The van der Waals surface area contributed by atoms with Crippen molar-refractivity contribution in [1.82, 2.24) is 15.0 Å². The zero-order valence-corrected chi connectivity index (χ0v) is 4.87. The third-order valence-electron chi connectivity index (χ3n) is 1.07. The lowest BCUT2D eigenvalue weighted by atomic mass is 10.7. The minimum absolute atomic E-state index is 0.243. The van der Waals surface area contributed by atoms with E-state index in [1.54, 1.807) is 0 Å². The largest absolute Gasteiger partial charge is 0.419 e. The molecule has 0 aliphatic heterocycles. The van der Waals surface area contributed by atoms with Crippen LogP contribution in [0.2, 0.25) is 0 Å². The Morgan fingerprint density at radius 1 is 1.40 bits per heavy atom. The predicted octanol–water partition coefficient (Wildman–Crippen LogP) is -0.0889. The molecule has 5 heteroatoms. The van der Waals surface area contributed by atoms with Gasteiger partial charge in [0.2, 0.25) is 0 Å². The smallest absolute Gasteiger partial charge is 0.387 e. The van der Waals surface area contributed by atoms with Gasteiger partial charge in [0.1, 0.15) is 0 Å². The van der Waals surface area contributed by atoms with Crippen LogP contribution in [0.3, 0.4) is 0 Å². The molecule has 10 heavy (non-hydrogen) atoms. The van der Waals surface area contributed by atoms with E-state index >= 15 is 0 Å². The van der Waals surface area contributed by atoms with Gasteiger partial charge in [-0.25, -0.2) is 14.8 Å². The summed E-state index contributed by atoms with van der Waals surface area (Å²) in [6, 6.07) is 0. The molecule has 0 aliphatic carbocycles. The monoisotopic (exact) mass is 137 g/mol. The number of aromatic amines is 1. The lowest BCUT2D eigenvalue weighted by Crippen LogP contribution is -1.93. The van der Waals surface area contributed by atoms with Crippen molar-refractivity contribution >= 4 is 11.4 Å². The van der Waals surface area contributed by atoms with Gasteiger partial charge in [0.25, 0.3) is 5.71 Å². The van der Waals surface area contributed by atoms with E-state index in [0.717, 1.165) is 0 Å². The highest BCUT2D eigenvalue weighted by molar-refractivity contribution is 5.60. The Labute approximate surface area is 54.7 Å². The van der Waals surface area contributed by atoms with Crippen molar-refractivity contribution in [3.05, 3.63) is 22.9 Å². The topological polar surface area (TPSA) is 71.8 Å². The van der Waals surface area contributed by atoms with Crippen LogP contribution in [0.4, 0.5) is 0 Å². The summed E-state index contributed by atoms with van der Waals surface area (Å²) < 4.78 is 4.58. The van der Waals surface area contributed by atoms with Crippen molar-refractivity contribution in [2.75, 3.05) is 0 Å². The van der Waals surface area contributed by atoms with Crippen LogP contribution in [0.5, 0.6) is 0 Å². The van der Waals surface area contributed by atoms with Gasteiger partial charge in [-0.15, -0.1) is 0 Å². The molecule has 0 aliphatic rings. The number of hydrogen-bond donors (Lipinski definition) is 1. The van der Waals surface area contributed by atoms with Crippen molar-refractivity contribution in [2.24, 2.45) is 0 Å². The fraction of sp³-hybridized carbons (Fsp3) is 0. The molecule has 0 saturated heterocycles. The van der Waals surface area contributed by atoms with Crippen molar-refractivity contribution in [3.8, 4) is 0 Å². The molecule has 2 aromatic heterocycles. The number of rotatable bonds is 0. The Hall–Kier alpha value is -1.65. The lowest BCUT2D eigenvalue weighted by molar-refractivity contribution is 0.545. The first kappa shape index (κ1) is 5.16. The van der Waals surface area contributed by atoms with Crippen LogP contribution in [0.25, 0.3) is 11.4 Å². The maximum Gasteiger partial charge on any atom is 0.419 e. The van der Waals surface area contributed by atoms with E-state index in [9.17, 15) is 4.79 Å². The van der Waals surface area contributed by atoms with Gasteiger partial charge in [-0.05, 0) is 0 Å². The van der Waals surface area contributed by atoms with Crippen LogP contribution in [-0.4, -0.2) is 15.0 Å². The fourth-order valence-electron chi connectivity index (χ4n) is 0.696. The summed E-state index contributed by atoms with van der Waals surface area (Å²) >= 11 is 0. The summed E-state index contributed by atoms with van der Waals surface area (Å²) in [6.07, 6.45) is 2.94. The van der Waals surface area contributed by atoms with Crippen molar-refractivity contribution in [3.63, 3.8) is 0 Å². The average Bonchev–Trinajstić information content (AvgIpc) is 2.27. The normalized spacial score (nSPS) is 10.4. The first-order valence-corrected chi connectivity index (χ1v) is 2.66. The van der Waals surface area contributed by atoms with Crippen LogP contribution >= 0.6 is 0 Å². The third kappa shape index (κ3) is 0.604. The number of aromatic nitrogens is 3. The van der Waals surface area contributed by atoms with Gasteiger partial charge in [0.15, 0.2) is 5.65 Å². The Kier molecular flexibility index (Phi) is 0.858. The van der Waals surface area contributed by atoms with Gasteiger partial charge >= 0.3 is 5.76 Å². The van der Waals surface area contributed by atoms with Crippen LogP contribution in [0.15, 0.2) is 21.6 Å². The molecule has 2 heterocycles. The van der Waals surface area contributed by atoms with E-state index in [1.807, 2.05) is 0 Å². The molecule has 5 nitrogen and oxygen atoms in total. The summed E-state index contributed by atoms with van der Waals surface area (Å²) in [5, 5.41) is 0. The Balaban J connectivity index is 3.01. The van der Waals surface area contributed by atoms with E-state index in [-0.39, 0.29) is 5.71 Å². The zero-order valence-electron chi connectivity index (χ0n) is 4.87. The molecule has 50 valence electrons. The first-order chi connectivity index (χ1) is 4.86. The molecule has 0 saturated carbocycles. The number of hydrogen-bond acceptors (Lipinski definition) is 4. The molecular formula is C5H3N3O2. The maximum absolute atomic E-state index is 10.5. The first-order valence-electron chi connectivity index (χ1n) is 2.66.